The number of primary amides is 1. The smallest absolute Gasteiger partial charge is 0.245 e. The maximum atomic E-state index is 15.1. The summed E-state index contributed by atoms with van der Waals surface area (Å²) in [4.78, 5) is 213. The summed E-state index contributed by atoms with van der Waals surface area (Å²) >= 11 is 0. The van der Waals surface area contributed by atoms with Crippen molar-refractivity contribution in [3.05, 3.63) is 65.7 Å². The minimum Gasteiger partial charge on any atom is -0.508 e. The molecule has 2 aliphatic heterocycles. The van der Waals surface area contributed by atoms with E-state index < -0.39 is 181 Å². The van der Waals surface area contributed by atoms with Gasteiger partial charge in [0.1, 0.15) is 72.2 Å². The minimum absolute atomic E-state index is 0.00622. The number of likely N-dealkylation sites (tertiary alicyclic amines) is 1. The van der Waals surface area contributed by atoms with E-state index in [1.807, 2.05) is 13.8 Å². The summed E-state index contributed by atoms with van der Waals surface area (Å²) in [6.45, 7) is 6.01. The van der Waals surface area contributed by atoms with E-state index in [-0.39, 0.29) is 146 Å². The lowest BCUT2D eigenvalue weighted by Crippen LogP contribution is -2.62. The number of guanidine groups is 3. The summed E-state index contributed by atoms with van der Waals surface area (Å²) in [6.07, 6.45) is 1.51. The zero-order chi connectivity index (χ0) is 85.3. The molecule has 638 valence electrons. The maximum Gasteiger partial charge on any atom is 0.245 e. The first kappa shape index (κ1) is 95.9. The van der Waals surface area contributed by atoms with Crippen LogP contribution in [0.2, 0.25) is 0 Å². The topological polar surface area (TPSA) is 704 Å². The Kier molecular flexibility index (Phi) is 42.2. The van der Waals surface area contributed by atoms with Gasteiger partial charge in [0.15, 0.2) is 17.9 Å². The van der Waals surface area contributed by atoms with Gasteiger partial charge in [-0.25, -0.2) is 0 Å². The van der Waals surface area contributed by atoms with Crippen LogP contribution in [0.1, 0.15) is 148 Å². The van der Waals surface area contributed by atoms with Gasteiger partial charge in [-0.15, -0.1) is 0 Å². The minimum atomic E-state index is -1.78. The summed E-state index contributed by atoms with van der Waals surface area (Å²) < 4.78 is 0. The summed E-state index contributed by atoms with van der Waals surface area (Å²) in [7, 11) is 0. The van der Waals surface area contributed by atoms with Crippen LogP contribution in [0.3, 0.4) is 0 Å². The highest BCUT2D eigenvalue weighted by Crippen LogP contribution is 2.22. The highest BCUT2D eigenvalue weighted by atomic mass is 16.3. The molecule has 2 aromatic rings. The first-order chi connectivity index (χ1) is 54.6. The van der Waals surface area contributed by atoms with Crippen molar-refractivity contribution in [2.45, 2.75) is 222 Å². The largest absolute Gasteiger partial charge is 0.508 e. The molecule has 0 unspecified atom stereocenters. The Morgan fingerprint density at radius 3 is 1.60 bits per heavy atom. The number of rotatable bonds is 46. The van der Waals surface area contributed by atoms with E-state index in [9.17, 15) is 53.1 Å². The summed E-state index contributed by atoms with van der Waals surface area (Å²) in [5, 5.41) is 41.3. The van der Waals surface area contributed by atoms with Gasteiger partial charge in [0, 0.05) is 39.1 Å². The van der Waals surface area contributed by atoms with Crippen molar-refractivity contribution < 1.29 is 72.2 Å². The fourth-order valence-electron chi connectivity index (χ4n) is 12.6. The fraction of sp³-hybridized carbons (Fsp3) is 0.608. The number of hydrogen-bond acceptors (Lipinski definition) is 21. The van der Waals surface area contributed by atoms with Crippen LogP contribution >= 0.6 is 0 Å². The van der Waals surface area contributed by atoms with Crippen LogP contribution in [-0.4, -0.2) is 235 Å². The second-order valence-electron chi connectivity index (χ2n) is 29.0. The van der Waals surface area contributed by atoms with E-state index in [0.29, 0.717) is 49.8 Å². The van der Waals surface area contributed by atoms with Gasteiger partial charge >= 0.3 is 0 Å². The van der Waals surface area contributed by atoms with Crippen molar-refractivity contribution in [1.29, 1.82) is 0 Å². The number of carbonyl (C=O) groups is 14. The molecule has 41 heteroatoms. The van der Waals surface area contributed by atoms with Crippen LogP contribution in [0, 0.1) is 11.8 Å². The molecule has 0 radical (unpaired) electrons. The third-order valence-corrected chi connectivity index (χ3v) is 19.1. The highest BCUT2D eigenvalue weighted by molar-refractivity contribution is 6.01. The molecule has 2 saturated heterocycles. The molecule has 33 N–H and O–H groups in total. The molecule has 0 aromatic heterocycles. The van der Waals surface area contributed by atoms with Gasteiger partial charge in [-0.05, 0) is 151 Å². The number of nitrogens with zero attached hydrogens (tertiary/aromatic N) is 4. The molecule has 0 bridgehead atoms. The van der Waals surface area contributed by atoms with Crippen LogP contribution in [0.25, 0.3) is 0 Å². The summed E-state index contributed by atoms with van der Waals surface area (Å²) in [5.41, 5.74) is 58.4. The number of phenolic OH excluding ortho intramolecular Hbond substituents is 1. The lowest BCUT2D eigenvalue weighted by molar-refractivity contribution is -0.143. The summed E-state index contributed by atoms with van der Waals surface area (Å²) in [6, 6.07) is -2.65. The predicted octanol–water partition coefficient (Wildman–Crippen LogP) is -7.02. The Hall–Kier alpha value is -11.5. The van der Waals surface area contributed by atoms with Gasteiger partial charge in [0.2, 0.25) is 82.7 Å². The number of benzene rings is 2. The standard InChI is InChI=1S/C74H122N26O15/c1-5-42(4)59(70(114)95-51(23-15-33-87-74(83)84)71(115)100-34-16-24-56(100)69(113)94-48(20-10-12-30-76)64(108)97-52(35-41(2)3)66(110)91-47(60(78)104)19-9-11-29-75)99-65(109)50(22-14-32-86-73(81)82)92-63(107)49(21-13-31-85-72(79)80)93-68(112)55-39-88-57(102)38-54(96-61(105)46(77)36-44-25-27-45(101)28-26-44)62(106)89-40-58(103)90-53(67(111)98-55)37-43-17-7-6-8-18-43/h6-8,17-18,25-28,41-42,46-56,59,101H,5,9-16,19-24,29-40,75-77H2,1-4H3,(H2,78,104)(H,88,102)(H,89,106)(H,90,103)(H,91,110)(H,92,107)(H,93,112)(H,94,113)(H,95,114)(H,96,105)(H,97,108)(H,98,111)(H,99,109)(H4,79,80,85)(H4,81,82,86)(H4,83,84,87)/t42-,46-,47-,48-,49-,50-,51-,52-,53-,54+,55-,56-,59-/m0/s1. The molecular formula is C74H122N26O15. The molecule has 0 aliphatic carbocycles. The Morgan fingerprint density at radius 1 is 0.548 bits per heavy atom. The molecule has 2 aliphatic rings. The van der Waals surface area contributed by atoms with Crippen molar-refractivity contribution in [3.63, 3.8) is 0 Å². The van der Waals surface area contributed by atoms with Gasteiger partial charge < -0.3 is 131 Å². The van der Waals surface area contributed by atoms with Gasteiger partial charge in [-0.2, -0.15) is 0 Å². The number of hydrogen-bond donors (Lipinski definition) is 23. The molecule has 41 nitrogen and oxygen atoms in total. The maximum absolute atomic E-state index is 15.1. The monoisotopic (exact) mass is 1610 g/mol. The molecule has 0 spiro atoms. The molecule has 0 saturated carbocycles. The lowest BCUT2D eigenvalue weighted by atomic mass is 9.96. The first-order valence-corrected chi connectivity index (χ1v) is 39.0. The Labute approximate surface area is 669 Å². The molecule has 13 atom stereocenters. The molecular weight excluding hydrogens is 1490 g/mol. The molecule has 4 rings (SSSR count). The summed E-state index contributed by atoms with van der Waals surface area (Å²) in [5.74, 6) is -13.9. The number of nitrogens with two attached hydrogens (primary N) is 10. The molecule has 115 heavy (non-hydrogen) atoms. The lowest BCUT2D eigenvalue weighted by Gasteiger charge is -2.32. The average molecular weight is 1620 g/mol. The first-order valence-electron chi connectivity index (χ1n) is 39.0. The van der Waals surface area contributed by atoms with E-state index in [0.717, 1.165) is 0 Å². The van der Waals surface area contributed by atoms with E-state index in [1.54, 1.807) is 44.2 Å². The molecule has 2 fully saturated rings. The zero-order valence-electron chi connectivity index (χ0n) is 66.1. The van der Waals surface area contributed by atoms with Crippen molar-refractivity contribution >= 4 is 101 Å². The van der Waals surface area contributed by atoms with E-state index in [2.05, 4.69) is 78.8 Å². The Balaban J connectivity index is 1.70. The van der Waals surface area contributed by atoms with Crippen molar-refractivity contribution in [1.82, 2.24) is 68.7 Å². The van der Waals surface area contributed by atoms with Crippen molar-refractivity contribution in [2.24, 2.45) is 84.1 Å². The quantitative estimate of drug-likeness (QED) is 0.0166. The second-order valence-corrected chi connectivity index (χ2v) is 29.0. The normalized spacial score (nSPS) is 18.2. The fourth-order valence-corrected chi connectivity index (χ4v) is 12.6. The van der Waals surface area contributed by atoms with E-state index in [4.69, 9.17) is 57.3 Å². The number of carbonyl (C=O) groups excluding carboxylic acids is 14. The van der Waals surface area contributed by atoms with Crippen LogP contribution in [-0.2, 0) is 80.0 Å². The third kappa shape index (κ3) is 35.2. The van der Waals surface area contributed by atoms with E-state index in [1.165, 1.54) is 29.2 Å². The molecule has 14 amide bonds. The Bertz CT molecular complexity index is 3650. The predicted molar refractivity (Wildman–Crippen MR) is 428 cm³/mol. The van der Waals surface area contributed by atoms with Crippen LogP contribution in [0.5, 0.6) is 5.75 Å². The third-order valence-electron chi connectivity index (χ3n) is 19.1. The molecule has 2 aromatic carbocycles. The number of nitrogens with one attached hydrogen (secondary N) is 12. The van der Waals surface area contributed by atoms with Crippen LogP contribution in [0.4, 0.5) is 0 Å². The van der Waals surface area contributed by atoms with Gasteiger partial charge in [-0.3, -0.25) is 82.1 Å². The average Bonchev–Trinajstić information content (AvgIpc) is 1.79. The number of phenols is 1. The van der Waals surface area contributed by atoms with E-state index >= 15 is 19.2 Å². The van der Waals surface area contributed by atoms with Crippen molar-refractivity contribution in [3.8, 4) is 5.75 Å². The number of unbranched alkanes of at least 4 members (excludes halogenated alkanes) is 2. The molecule has 2 heterocycles. The SMILES string of the molecule is CC[C@H](C)[C@H](NC(=O)[C@H](CCCN=C(N)N)NC(=O)[C@H](CCCN=C(N)N)NC(=O)[C@@H]1CNC(=O)C[C@@H](NC(=O)[C@@H](N)Cc2ccc(O)cc2)C(=O)NCC(=O)N[C@@H](Cc2ccccc2)C(=O)N1)C(=O)N[C@@H](CCCN=C(N)N)C(=O)N1CCC[C@H]1C(=O)N[C@@H](CCCCN)C(=O)N[C@@H](CC(C)C)C(=O)N[C@@H](CCCCN)C(N)=O. The van der Waals surface area contributed by atoms with Crippen LogP contribution < -0.4 is 121 Å². The van der Waals surface area contributed by atoms with Gasteiger partial charge in [-0.1, -0.05) is 76.6 Å². The number of aromatic hydroxyl groups is 1. The zero-order valence-corrected chi connectivity index (χ0v) is 66.1. The Morgan fingerprint density at radius 2 is 1.05 bits per heavy atom. The van der Waals surface area contributed by atoms with Gasteiger partial charge in [0.25, 0.3) is 0 Å². The highest BCUT2D eigenvalue weighted by Gasteiger charge is 2.42. The van der Waals surface area contributed by atoms with Crippen LogP contribution in [0.15, 0.2) is 69.6 Å². The number of aliphatic imine (C=N–C) groups is 3. The van der Waals surface area contributed by atoms with Crippen molar-refractivity contribution in [2.75, 3.05) is 52.4 Å². The van der Waals surface area contributed by atoms with Gasteiger partial charge in [0.05, 0.1) is 19.0 Å². The second kappa shape index (κ2) is 50.6. The number of amides is 14.